The van der Waals surface area contributed by atoms with Crippen LogP contribution in [-0.2, 0) is 17.7 Å². The van der Waals surface area contributed by atoms with Crippen LogP contribution in [0.5, 0.6) is 0 Å². The first-order valence-electron chi connectivity index (χ1n) is 11.3. The van der Waals surface area contributed by atoms with Gasteiger partial charge in [0.05, 0.1) is 25.4 Å². The van der Waals surface area contributed by atoms with Crippen molar-refractivity contribution >= 4 is 11.6 Å². The highest BCUT2D eigenvalue weighted by molar-refractivity contribution is 5.79. The van der Waals surface area contributed by atoms with E-state index in [2.05, 4.69) is 76.1 Å². The van der Waals surface area contributed by atoms with Crippen molar-refractivity contribution < 1.29 is 4.74 Å². The minimum atomic E-state index is 0.640. The summed E-state index contributed by atoms with van der Waals surface area (Å²) in [6, 6.07) is 19.0. The summed E-state index contributed by atoms with van der Waals surface area (Å²) in [6.45, 7) is 7.80. The Morgan fingerprint density at radius 3 is 2.59 bits per heavy atom. The summed E-state index contributed by atoms with van der Waals surface area (Å²) >= 11 is 0. The van der Waals surface area contributed by atoms with E-state index in [9.17, 15) is 0 Å². The number of rotatable bonds is 8. The summed E-state index contributed by atoms with van der Waals surface area (Å²) in [5, 5.41) is 11.1. The van der Waals surface area contributed by atoms with Crippen molar-refractivity contribution in [1.29, 1.82) is 0 Å². The molecule has 1 aliphatic heterocycles. The minimum absolute atomic E-state index is 0.640. The summed E-state index contributed by atoms with van der Waals surface area (Å²) < 4.78 is 7.37. The number of anilines is 1. The number of para-hydroxylation sites is 1. The lowest BCUT2D eigenvalue weighted by Crippen LogP contribution is -2.38. The van der Waals surface area contributed by atoms with Crippen molar-refractivity contribution in [2.45, 2.75) is 19.9 Å². The number of nitrogens with zero attached hydrogens (tertiary/aromatic N) is 4. The summed E-state index contributed by atoms with van der Waals surface area (Å²) in [6.07, 6.45) is 4.67. The summed E-state index contributed by atoms with van der Waals surface area (Å²) in [4.78, 5) is 7.23. The van der Waals surface area contributed by atoms with E-state index in [-0.39, 0.29) is 0 Å². The minimum Gasteiger partial charge on any atom is -0.378 e. The maximum absolute atomic E-state index is 5.50. The van der Waals surface area contributed by atoms with E-state index < -0.39 is 0 Å². The van der Waals surface area contributed by atoms with Crippen LogP contribution in [0.4, 0.5) is 5.69 Å². The molecule has 1 fully saturated rings. The van der Waals surface area contributed by atoms with Gasteiger partial charge in [0.1, 0.15) is 0 Å². The zero-order valence-corrected chi connectivity index (χ0v) is 18.7. The molecule has 0 aliphatic carbocycles. The van der Waals surface area contributed by atoms with E-state index in [1.54, 1.807) is 6.20 Å². The number of morpholine rings is 1. The number of benzene rings is 2. The number of hydrogen-bond donors (Lipinski definition) is 2. The van der Waals surface area contributed by atoms with E-state index in [0.29, 0.717) is 6.54 Å². The van der Waals surface area contributed by atoms with Crippen LogP contribution in [0.2, 0.25) is 0 Å². The van der Waals surface area contributed by atoms with Crippen LogP contribution in [0, 0.1) is 0 Å². The molecule has 0 saturated carbocycles. The zero-order valence-electron chi connectivity index (χ0n) is 18.7. The predicted octanol–water partition coefficient (Wildman–Crippen LogP) is 3.01. The third kappa shape index (κ3) is 5.88. The third-order valence-corrected chi connectivity index (χ3v) is 5.51. The molecule has 0 amide bonds. The molecule has 7 nitrogen and oxygen atoms in total. The van der Waals surface area contributed by atoms with Gasteiger partial charge in [-0.05, 0) is 48.7 Å². The van der Waals surface area contributed by atoms with E-state index in [0.717, 1.165) is 57.5 Å². The topological polar surface area (TPSA) is 66.7 Å². The number of hydrogen-bond acceptors (Lipinski definition) is 4. The van der Waals surface area contributed by atoms with Crippen molar-refractivity contribution in [3.05, 3.63) is 78.1 Å². The summed E-state index contributed by atoms with van der Waals surface area (Å²) in [5.41, 5.74) is 4.84. The van der Waals surface area contributed by atoms with E-state index >= 15 is 0 Å². The van der Waals surface area contributed by atoms with Crippen molar-refractivity contribution in [1.82, 2.24) is 20.4 Å². The van der Waals surface area contributed by atoms with Crippen molar-refractivity contribution in [2.24, 2.45) is 4.99 Å². The lowest BCUT2D eigenvalue weighted by Gasteiger charge is -2.30. The van der Waals surface area contributed by atoms with Crippen LogP contribution >= 0.6 is 0 Å². The Bertz CT molecular complexity index is 978. The lowest BCUT2D eigenvalue weighted by molar-refractivity contribution is 0.122. The molecule has 32 heavy (non-hydrogen) atoms. The monoisotopic (exact) mass is 432 g/mol. The van der Waals surface area contributed by atoms with Crippen molar-refractivity contribution in [2.75, 3.05) is 44.3 Å². The Morgan fingerprint density at radius 1 is 1.03 bits per heavy atom. The Hall–Kier alpha value is -3.32. The van der Waals surface area contributed by atoms with Gasteiger partial charge < -0.3 is 20.3 Å². The van der Waals surface area contributed by atoms with Gasteiger partial charge in [0, 0.05) is 44.3 Å². The molecule has 7 heteroatoms. The van der Waals surface area contributed by atoms with Gasteiger partial charge in [-0.3, -0.25) is 0 Å². The molecule has 4 rings (SSSR count). The standard InChI is InChI=1S/C25H32N6O/c1-2-26-25(27-14-12-21-8-10-23(11-9-21)31-15-5-13-29-31)28-20-22-6-3-4-7-24(22)30-16-18-32-19-17-30/h3-11,13,15H,2,12,14,16-20H2,1H3,(H2,26,27,28). The highest BCUT2D eigenvalue weighted by Gasteiger charge is 2.14. The molecule has 1 aliphatic rings. The smallest absolute Gasteiger partial charge is 0.191 e. The largest absolute Gasteiger partial charge is 0.378 e. The van der Waals surface area contributed by atoms with Crippen LogP contribution in [-0.4, -0.2) is 55.1 Å². The number of nitrogens with one attached hydrogen (secondary N) is 2. The number of aliphatic imine (C=N–C) groups is 1. The molecular weight excluding hydrogens is 400 g/mol. The summed E-state index contributed by atoms with van der Waals surface area (Å²) in [7, 11) is 0. The summed E-state index contributed by atoms with van der Waals surface area (Å²) in [5.74, 6) is 0.845. The molecule has 3 aromatic rings. The van der Waals surface area contributed by atoms with Crippen LogP contribution in [0.15, 0.2) is 72.0 Å². The SMILES string of the molecule is CCNC(=NCc1ccccc1N1CCOCC1)NCCc1ccc(-n2cccn2)cc1. The third-order valence-electron chi connectivity index (χ3n) is 5.51. The molecule has 0 atom stereocenters. The number of aromatic nitrogens is 2. The van der Waals surface area contributed by atoms with Crippen LogP contribution in [0.1, 0.15) is 18.1 Å². The second kappa shape index (κ2) is 11.3. The Labute approximate surface area is 190 Å². The molecule has 2 aromatic carbocycles. The molecule has 0 radical (unpaired) electrons. The van der Waals surface area contributed by atoms with Gasteiger partial charge in [-0.1, -0.05) is 30.3 Å². The van der Waals surface area contributed by atoms with Gasteiger partial charge in [-0.2, -0.15) is 5.10 Å². The number of guanidine groups is 1. The van der Waals surface area contributed by atoms with Crippen LogP contribution in [0.25, 0.3) is 5.69 Å². The molecule has 0 unspecified atom stereocenters. The lowest BCUT2D eigenvalue weighted by atomic mass is 10.1. The Balaban J connectivity index is 1.34. The second-order valence-corrected chi connectivity index (χ2v) is 7.72. The molecule has 168 valence electrons. The van der Waals surface area contributed by atoms with Gasteiger partial charge in [-0.25, -0.2) is 9.67 Å². The van der Waals surface area contributed by atoms with Crippen LogP contribution < -0.4 is 15.5 Å². The fourth-order valence-corrected chi connectivity index (χ4v) is 3.83. The zero-order chi connectivity index (χ0) is 22.0. The molecular formula is C25H32N6O. The van der Waals surface area contributed by atoms with E-state index in [1.807, 2.05) is 16.9 Å². The highest BCUT2D eigenvalue weighted by Crippen LogP contribution is 2.22. The average molecular weight is 433 g/mol. The van der Waals surface area contributed by atoms with Gasteiger partial charge in [0.15, 0.2) is 5.96 Å². The first-order valence-corrected chi connectivity index (χ1v) is 11.3. The molecule has 0 bridgehead atoms. The average Bonchev–Trinajstić information content (AvgIpc) is 3.39. The van der Waals surface area contributed by atoms with Crippen molar-refractivity contribution in [3.8, 4) is 5.69 Å². The second-order valence-electron chi connectivity index (χ2n) is 7.72. The molecule has 2 N–H and O–H groups in total. The van der Waals surface area contributed by atoms with Gasteiger partial charge in [0.2, 0.25) is 0 Å². The molecule has 1 saturated heterocycles. The fourth-order valence-electron chi connectivity index (χ4n) is 3.83. The molecule has 1 aromatic heterocycles. The van der Waals surface area contributed by atoms with Crippen molar-refractivity contribution in [3.63, 3.8) is 0 Å². The maximum Gasteiger partial charge on any atom is 0.191 e. The van der Waals surface area contributed by atoms with E-state index in [1.165, 1.54) is 16.8 Å². The van der Waals surface area contributed by atoms with Gasteiger partial charge in [-0.15, -0.1) is 0 Å². The highest BCUT2D eigenvalue weighted by atomic mass is 16.5. The van der Waals surface area contributed by atoms with Crippen LogP contribution in [0.3, 0.4) is 0 Å². The fraction of sp³-hybridized carbons (Fsp3) is 0.360. The molecule has 2 heterocycles. The first-order chi connectivity index (χ1) is 15.8. The van der Waals surface area contributed by atoms with Gasteiger partial charge >= 0.3 is 0 Å². The maximum atomic E-state index is 5.50. The quantitative estimate of drug-likeness (QED) is 0.423. The molecule has 0 spiro atoms. The normalized spacial score (nSPS) is 14.4. The van der Waals surface area contributed by atoms with E-state index in [4.69, 9.17) is 9.73 Å². The first kappa shape index (κ1) is 21.9. The predicted molar refractivity (Wildman–Crippen MR) is 130 cm³/mol. The van der Waals surface area contributed by atoms with Gasteiger partial charge in [0.25, 0.3) is 0 Å². The Kier molecular flexibility index (Phi) is 7.76. The number of ether oxygens (including phenoxy) is 1. The Morgan fingerprint density at radius 2 is 1.84 bits per heavy atom.